The molecular formula is C21H16KN3O3. The molecule has 6 nitrogen and oxygen atoms in total. The van der Waals surface area contributed by atoms with Gasteiger partial charge >= 0.3 is 51.4 Å². The van der Waals surface area contributed by atoms with Gasteiger partial charge in [-0.05, 0) is 66.1 Å². The molecule has 0 radical (unpaired) electrons. The van der Waals surface area contributed by atoms with Crippen LogP contribution in [0.1, 0.15) is 40.2 Å². The van der Waals surface area contributed by atoms with Crippen LogP contribution < -0.4 is 62.1 Å². The number of aryl methyl sites for hydroxylation is 1. The number of H-pyrrole nitrogens is 1. The molecule has 0 atom stereocenters. The number of aromatic nitrogens is 3. The second-order valence-corrected chi connectivity index (χ2v) is 7.09. The number of hydrogen-bond acceptors (Lipinski definition) is 4. The van der Waals surface area contributed by atoms with E-state index in [0.717, 1.165) is 51.5 Å². The minimum absolute atomic E-state index is 0. The van der Waals surface area contributed by atoms with Gasteiger partial charge in [0.15, 0.2) is 0 Å². The van der Waals surface area contributed by atoms with E-state index in [0.29, 0.717) is 0 Å². The smallest absolute Gasteiger partial charge is 0.545 e. The number of fused-ring (bicyclic) bond motifs is 2. The Bertz CT molecular complexity index is 1300. The van der Waals surface area contributed by atoms with Gasteiger partial charge in [-0.25, -0.2) is 0 Å². The van der Waals surface area contributed by atoms with Crippen LogP contribution in [-0.2, 0) is 0 Å². The molecule has 1 saturated carbocycles. The molecule has 0 aliphatic heterocycles. The molecule has 3 heterocycles. The summed E-state index contributed by atoms with van der Waals surface area (Å²) in [6, 6.07) is 9.34. The Hall–Kier alpha value is -1.77. The van der Waals surface area contributed by atoms with Crippen LogP contribution in [0.3, 0.4) is 0 Å². The Labute approximate surface area is 203 Å². The predicted molar refractivity (Wildman–Crippen MR) is 99.8 cm³/mol. The Kier molecular flexibility index (Phi) is 5.05. The van der Waals surface area contributed by atoms with E-state index in [2.05, 4.69) is 10.2 Å². The van der Waals surface area contributed by atoms with E-state index in [9.17, 15) is 14.7 Å². The molecule has 4 aromatic rings. The first-order valence-electron chi connectivity index (χ1n) is 8.89. The number of pyridine rings is 2. The standard InChI is InChI=1S/C21H17N3O3.K/c1-11-13(14-3-2-4-18-17(14)10-22-23-18)7-8-24-19(11)15(12-5-6-12)9-16(20(24)25)21(26)27;/h2-4,7-10,12H,5-6H2,1H3,(H,22,23)(H,26,27);/q;+1/p-1. The van der Waals surface area contributed by atoms with Gasteiger partial charge in [0.25, 0.3) is 5.56 Å². The summed E-state index contributed by atoms with van der Waals surface area (Å²) >= 11 is 0. The van der Waals surface area contributed by atoms with Crippen molar-refractivity contribution < 1.29 is 61.3 Å². The van der Waals surface area contributed by atoms with E-state index in [4.69, 9.17) is 0 Å². The number of benzene rings is 1. The normalized spacial score (nSPS) is 13.6. The summed E-state index contributed by atoms with van der Waals surface area (Å²) in [5.74, 6) is -1.14. The molecule has 5 rings (SSSR count). The van der Waals surface area contributed by atoms with Crippen LogP contribution in [0.15, 0.2) is 47.5 Å². The van der Waals surface area contributed by atoms with Crippen LogP contribution in [0, 0.1) is 6.92 Å². The number of carboxylic acids is 1. The number of nitrogens with zero attached hydrogens (tertiary/aromatic N) is 2. The van der Waals surface area contributed by atoms with Crippen molar-refractivity contribution in [2.75, 3.05) is 0 Å². The maximum absolute atomic E-state index is 12.7. The molecule has 1 aliphatic carbocycles. The van der Waals surface area contributed by atoms with Crippen LogP contribution in [0.4, 0.5) is 0 Å². The number of carbonyl (C=O) groups excluding carboxylic acids is 1. The minimum Gasteiger partial charge on any atom is -0.545 e. The molecule has 3 aromatic heterocycles. The van der Waals surface area contributed by atoms with E-state index in [-0.39, 0.29) is 62.9 Å². The van der Waals surface area contributed by atoms with Crippen molar-refractivity contribution in [3.63, 3.8) is 0 Å². The molecule has 7 heteroatoms. The topological polar surface area (TPSA) is 90.3 Å². The third-order valence-corrected chi connectivity index (χ3v) is 5.42. The monoisotopic (exact) mass is 397 g/mol. The first-order valence-corrected chi connectivity index (χ1v) is 8.89. The number of hydrogen-bond donors (Lipinski definition) is 1. The molecule has 0 amide bonds. The zero-order valence-electron chi connectivity index (χ0n) is 15.7. The summed E-state index contributed by atoms with van der Waals surface area (Å²) < 4.78 is 1.45. The second-order valence-electron chi connectivity index (χ2n) is 7.09. The van der Waals surface area contributed by atoms with Crippen molar-refractivity contribution in [2.45, 2.75) is 25.7 Å². The van der Waals surface area contributed by atoms with E-state index in [1.807, 2.05) is 31.2 Å². The van der Waals surface area contributed by atoms with Gasteiger partial charge in [-0.2, -0.15) is 5.10 Å². The Balaban J connectivity index is 0.00000192. The summed E-state index contributed by atoms with van der Waals surface area (Å²) in [6.07, 6.45) is 5.46. The molecule has 1 fully saturated rings. The summed E-state index contributed by atoms with van der Waals surface area (Å²) in [7, 11) is 0. The average Bonchev–Trinajstić information content (AvgIpc) is 3.38. The maximum atomic E-state index is 12.7. The van der Waals surface area contributed by atoms with E-state index in [1.165, 1.54) is 10.5 Å². The molecule has 0 unspecified atom stereocenters. The summed E-state index contributed by atoms with van der Waals surface area (Å²) in [6.45, 7) is 1.98. The Morgan fingerprint density at radius 2 is 2.04 bits per heavy atom. The molecule has 0 saturated heterocycles. The van der Waals surface area contributed by atoms with Gasteiger partial charge in [0.2, 0.25) is 0 Å². The van der Waals surface area contributed by atoms with Crippen molar-refractivity contribution in [2.24, 2.45) is 0 Å². The molecule has 1 N–H and O–H groups in total. The molecule has 134 valence electrons. The Morgan fingerprint density at radius 1 is 1.25 bits per heavy atom. The van der Waals surface area contributed by atoms with Crippen molar-refractivity contribution in [3.05, 3.63) is 69.8 Å². The van der Waals surface area contributed by atoms with Gasteiger partial charge in [0, 0.05) is 11.6 Å². The molecule has 1 aliphatic rings. The first kappa shape index (κ1) is 19.5. The largest absolute Gasteiger partial charge is 1.00 e. The third-order valence-electron chi connectivity index (χ3n) is 5.42. The van der Waals surface area contributed by atoms with E-state index >= 15 is 0 Å². The van der Waals surface area contributed by atoms with Crippen molar-refractivity contribution >= 4 is 22.4 Å². The summed E-state index contributed by atoms with van der Waals surface area (Å²) in [5, 5.41) is 19.5. The van der Waals surface area contributed by atoms with Crippen molar-refractivity contribution in [1.82, 2.24) is 14.6 Å². The van der Waals surface area contributed by atoms with Crippen LogP contribution in [-0.4, -0.2) is 20.6 Å². The van der Waals surface area contributed by atoms with E-state index in [1.54, 1.807) is 12.4 Å². The van der Waals surface area contributed by atoms with Gasteiger partial charge in [-0.1, -0.05) is 12.1 Å². The number of carbonyl (C=O) groups is 1. The molecule has 0 bridgehead atoms. The average molecular weight is 397 g/mol. The number of rotatable bonds is 3. The minimum atomic E-state index is -1.43. The zero-order valence-corrected chi connectivity index (χ0v) is 18.8. The fourth-order valence-corrected chi connectivity index (χ4v) is 3.94. The quantitative estimate of drug-likeness (QED) is 0.467. The SMILES string of the molecule is Cc1c(-c2cccc3[nH]ncc23)ccn2c(=O)c(C(=O)[O-])cc(C3CC3)c12.[K+]. The van der Waals surface area contributed by atoms with Crippen molar-refractivity contribution in [3.8, 4) is 11.1 Å². The van der Waals surface area contributed by atoms with E-state index < -0.39 is 11.5 Å². The Morgan fingerprint density at radius 3 is 2.75 bits per heavy atom. The molecule has 1 aromatic carbocycles. The second kappa shape index (κ2) is 7.24. The zero-order chi connectivity index (χ0) is 18.7. The van der Waals surface area contributed by atoms with Gasteiger partial charge < -0.3 is 9.90 Å². The number of aromatic amines is 1. The number of carboxylic acid groups (broad SMARTS) is 1. The molecular weight excluding hydrogens is 381 g/mol. The molecule has 28 heavy (non-hydrogen) atoms. The van der Waals surface area contributed by atoms with Crippen LogP contribution in [0.2, 0.25) is 0 Å². The van der Waals surface area contributed by atoms with Crippen molar-refractivity contribution in [1.29, 1.82) is 0 Å². The van der Waals surface area contributed by atoms with Gasteiger partial charge in [-0.3, -0.25) is 14.3 Å². The maximum Gasteiger partial charge on any atom is 1.00 e. The predicted octanol–water partition coefficient (Wildman–Crippen LogP) is -0.604. The number of nitrogens with one attached hydrogen (secondary N) is 1. The summed E-state index contributed by atoms with van der Waals surface area (Å²) in [4.78, 5) is 24.1. The van der Waals surface area contributed by atoms with Gasteiger partial charge in [0.1, 0.15) is 0 Å². The molecule has 0 spiro atoms. The fraction of sp³-hybridized carbons (Fsp3) is 0.190. The third kappa shape index (κ3) is 2.98. The fourth-order valence-electron chi connectivity index (χ4n) is 3.94. The van der Waals surface area contributed by atoms with Crippen LogP contribution >= 0.6 is 0 Å². The van der Waals surface area contributed by atoms with Gasteiger partial charge in [0.05, 0.1) is 28.8 Å². The van der Waals surface area contributed by atoms with Crippen LogP contribution in [0.5, 0.6) is 0 Å². The van der Waals surface area contributed by atoms with Gasteiger partial charge in [-0.15, -0.1) is 0 Å². The number of aromatic carboxylic acids is 1. The van der Waals surface area contributed by atoms with Crippen LogP contribution in [0.25, 0.3) is 27.5 Å². The first-order chi connectivity index (χ1) is 13.1. The summed E-state index contributed by atoms with van der Waals surface area (Å²) in [5.41, 5.74) is 4.81.